The highest BCUT2D eigenvalue weighted by Gasteiger charge is 2.34. The van der Waals surface area contributed by atoms with Gasteiger partial charge in [-0.05, 0) is 25.0 Å². The average Bonchev–Trinajstić information content (AvgIpc) is 3.37. The average molecular weight is 394 g/mol. The Balaban J connectivity index is 1.34. The topological polar surface area (TPSA) is 84.5 Å². The molecule has 1 aliphatic heterocycles. The van der Waals surface area contributed by atoms with Crippen LogP contribution >= 0.6 is 0 Å². The van der Waals surface area contributed by atoms with Crippen molar-refractivity contribution in [2.45, 2.75) is 51.1 Å². The predicted molar refractivity (Wildman–Crippen MR) is 111 cm³/mol. The molecule has 0 spiro atoms. The van der Waals surface area contributed by atoms with E-state index < -0.39 is 0 Å². The van der Waals surface area contributed by atoms with E-state index in [1.165, 1.54) is 0 Å². The van der Waals surface area contributed by atoms with Gasteiger partial charge in [-0.3, -0.25) is 4.79 Å². The van der Waals surface area contributed by atoms with Crippen molar-refractivity contribution < 1.29 is 0 Å². The summed E-state index contributed by atoms with van der Waals surface area (Å²) in [5.74, 6) is 2.27. The highest BCUT2D eigenvalue weighted by molar-refractivity contribution is 5.50. The highest BCUT2D eigenvalue weighted by atomic mass is 16.1. The fourth-order valence-electron chi connectivity index (χ4n) is 3.77. The lowest BCUT2D eigenvalue weighted by molar-refractivity contribution is 0.480. The van der Waals surface area contributed by atoms with Crippen molar-refractivity contribution in [2.24, 2.45) is 0 Å². The van der Waals surface area contributed by atoms with Gasteiger partial charge in [0.25, 0.3) is 5.56 Å². The Labute approximate surface area is 169 Å². The van der Waals surface area contributed by atoms with Gasteiger partial charge in [-0.2, -0.15) is 4.52 Å². The van der Waals surface area contributed by atoms with Crippen LogP contribution in [0.15, 0.2) is 29.3 Å². The Kier molecular flexibility index (Phi) is 3.91. The molecule has 1 saturated heterocycles. The van der Waals surface area contributed by atoms with Crippen molar-refractivity contribution in [1.29, 1.82) is 0 Å². The van der Waals surface area contributed by atoms with Gasteiger partial charge in [0.05, 0.1) is 6.04 Å². The van der Waals surface area contributed by atoms with Crippen molar-refractivity contribution in [3.63, 3.8) is 0 Å². The van der Waals surface area contributed by atoms with E-state index >= 15 is 0 Å². The van der Waals surface area contributed by atoms with Crippen molar-refractivity contribution >= 4 is 17.3 Å². The molecule has 0 aromatic carbocycles. The van der Waals surface area contributed by atoms with Crippen LogP contribution in [0.5, 0.6) is 0 Å². The van der Waals surface area contributed by atoms with Gasteiger partial charge in [0.1, 0.15) is 5.82 Å². The molecular weight excluding hydrogens is 368 g/mol. The van der Waals surface area contributed by atoms with Crippen LogP contribution in [-0.2, 0) is 5.41 Å². The Hall–Kier alpha value is -2.97. The van der Waals surface area contributed by atoms with Gasteiger partial charge in [0.2, 0.25) is 0 Å². The first-order valence-electron chi connectivity index (χ1n) is 10.1. The quantitative estimate of drug-likeness (QED) is 0.665. The van der Waals surface area contributed by atoms with Crippen LogP contribution in [0.4, 0.5) is 11.6 Å². The molecule has 0 unspecified atom stereocenters. The zero-order valence-electron chi connectivity index (χ0n) is 17.3. The fraction of sp³-hybridized carbons (Fsp3) is 0.550. The summed E-state index contributed by atoms with van der Waals surface area (Å²) in [6.07, 6.45) is 5.70. The van der Waals surface area contributed by atoms with E-state index in [9.17, 15) is 4.79 Å². The van der Waals surface area contributed by atoms with E-state index in [2.05, 4.69) is 40.9 Å². The molecule has 5 rings (SSSR count). The molecule has 1 saturated carbocycles. The summed E-state index contributed by atoms with van der Waals surface area (Å²) < 4.78 is 3.66. The molecule has 1 aliphatic carbocycles. The lowest BCUT2D eigenvalue weighted by atomic mass is 9.96. The van der Waals surface area contributed by atoms with Crippen molar-refractivity contribution in [3.8, 4) is 0 Å². The van der Waals surface area contributed by atoms with Crippen LogP contribution in [0, 0.1) is 0 Å². The molecule has 4 heterocycles. The van der Waals surface area contributed by atoms with Gasteiger partial charge < -0.3 is 14.4 Å². The summed E-state index contributed by atoms with van der Waals surface area (Å²) in [5.41, 5.74) is 0.625. The van der Waals surface area contributed by atoms with E-state index in [1.807, 2.05) is 33.2 Å². The summed E-state index contributed by atoms with van der Waals surface area (Å²) in [5, 5.41) is 13.3. The van der Waals surface area contributed by atoms with Crippen molar-refractivity contribution in [2.75, 3.05) is 29.9 Å². The van der Waals surface area contributed by atoms with Gasteiger partial charge in [-0.15, -0.1) is 15.3 Å². The Morgan fingerprint density at radius 2 is 1.90 bits per heavy atom. The normalized spacial score (nSPS) is 17.6. The molecule has 0 bridgehead atoms. The summed E-state index contributed by atoms with van der Waals surface area (Å²) in [6.45, 7) is 7.90. The zero-order valence-corrected chi connectivity index (χ0v) is 17.3. The van der Waals surface area contributed by atoms with Crippen LogP contribution in [-0.4, -0.2) is 55.5 Å². The Morgan fingerprint density at radius 3 is 2.59 bits per heavy atom. The van der Waals surface area contributed by atoms with Crippen LogP contribution in [0.2, 0.25) is 0 Å². The number of fused-ring (bicyclic) bond motifs is 1. The first-order chi connectivity index (χ1) is 13.8. The number of hydrogen-bond donors (Lipinski definition) is 0. The third kappa shape index (κ3) is 3.04. The predicted octanol–water partition coefficient (Wildman–Crippen LogP) is 1.64. The third-order valence-corrected chi connectivity index (χ3v) is 5.78. The molecule has 9 nitrogen and oxygen atoms in total. The number of anilines is 2. The van der Waals surface area contributed by atoms with Crippen LogP contribution in [0.25, 0.3) is 5.65 Å². The number of aromatic nitrogens is 6. The second kappa shape index (κ2) is 6.27. The molecule has 2 fully saturated rings. The van der Waals surface area contributed by atoms with E-state index in [1.54, 1.807) is 12.4 Å². The number of nitrogens with zero attached hydrogens (tertiary/aromatic N) is 8. The molecule has 29 heavy (non-hydrogen) atoms. The van der Waals surface area contributed by atoms with E-state index in [0.29, 0.717) is 11.9 Å². The highest BCUT2D eigenvalue weighted by Crippen LogP contribution is 2.33. The minimum atomic E-state index is -0.136. The molecule has 3 aromatic rings. The van der Waals surface area contributed by atoms with E-state index in [-0.39, 0.29) is 17.0 Å². The minimum Gasteiger partial charge on any atom is -0.351 e. The summed E-state index contributed by atoms with van der Waals surface area (Å²) in [4.78, 5) is 21.3. The first kappa shape index (κ1) is 18.1. The summed E-state index contributed by atoms with van der Waals surface area (Å²) >= 11 is 0. The fourth-order valence-corrected chi connectivity index (χ4v) is 3.77. The standard InChI is InChI=1S/C20H26N8O/c1-20(2,3)19-23-22-15-7-8-16(24-28(15)19)26-11-14(12-26)25(4)17-18(29)27(10-9-21-17)13-5-6-13/h7-10,13-14H,5-6,11-12H2,1-4H3. The lowest BCUT2D eigenvalue weighted by Gasteiger charge is -2.44. The largest absolute Gasteiger partial charge is 0.351 e. The first-order valence-corrected chi connectivity index (χ1v) is 10.1. The molecule has 3 aromatic heterocycles. The third-order valence-electron chi connectivity index (χ3n) is 5.78. The Morgan fingerprint density at radius 1 is 1.14 bits per heavy atom. The monoisotopic (exact) mass is 394 g/mol. The molecule has 0 N–H and O–H groups in total. The van der Waals surface area contributed by atoms with Gasteiger partial charge >= 0.3 is 0 Å². The SMILES string of the molecule is CN(c1nccn(C2CC2)c1=O)C1CN(c2ccc3nnc(C(C)(C)C)n3n2)C1. The van der Waals surface area contributed by atoms with Gasteiger partial charge in [-0.1, -0.05) is 20.8 Å². The lowest BCUT2D eigenvalue weighted by Crippen LogP contribution is -2.60. The second-order valence-corrected chi connectivity index (χ2v) is 9.10. The number of hydrogen-bond acceptors (Lipinski definition) is 7. The summed E-state index contributed by atoms with van der Waals surface area (Å²) in [7, 11) is 1.96. The maximum Gasteiger partial charge on any atom is 0.293 e. The molecule has 9 heteroatoms. The molecule has 0 radical (unpaired) electrons. The van der Waals surface area contributed by atoms with Gasteiger partial charge in [-0.25, -0.2) is 4.98 Å². The molecular formula is C20H26N8O. The molecule has 2 aliphatic rings. The maximum atomic E-state index is 12.8. The minimum absolute atomic E-state index is 0.00908. The maximum absolute atomic E-state index is 12.8. The van der Waals surface area contributed by atoms with Crippen LogP contribution < -0.4 is 15.4 Å². The summed E-state index contributed by atoms with van der Waals surface area (Å²) in [6, 6.07) is 4.51. The van der Waals surface area contributed by atoms with Gasteiger partial charge in [0.15, 0.2) is 17.3 Å². The number of rotatable bonds is 4. The van der Waals surface area contributed by atoms with E-state index in [0.717, 1.165) is 43.2 Å². The van der Waals surface area contributed by atoms with Crippen molar-refractivity contribution in [1.82, 2.24) is 29.4 Å². The number of likely N-dealkylation sites (N-methyl/N-ethyl adjacent to an activating group) is 1. The smallest absolute Gasteiger partial charge is 0.293 e. The Bertz CT molecular complexity index is 1120. The van der Waals surface area contributed by atoms with E-state index in [4.69, 9.17) is 5.10 Å². The van der Waals surface area contributed by atoms with Crippen LogP contribution in [0.1, 0.15) is 45.5 Å². The van der Waals surface area contributed by atoms with Crippen molar-refractivity contribution in [3.05, 3.63) is 40.7 Å². The van der Waals surface area contributed by atoms with Gasteiger partial charge in [0, 0.05) is 44.0 Å². The molecule has 152 valence electrons. The van der Waals surface area contributed by atoms with Crippen LogP contribution in [0.3, 0.4) is 0 Å². The molecule has 0 atom stereocenters. The second-order valence-electron chi connectivity index (χ2n) is 9.10. The molecule has 0 amide bonds. The zero-order chi connectivity index (χ0) is 20.3.